The number of para-hydroxylation sites is 1. The largest absolute Gasteiger partial charge is 0.506 e. The summed E-state index contributed by atoms with van der Waals surface area (Å²) in [5.41, 5.74) is 1.98. The molecule has 0 aliphatic carbocycles. The Bertz CT molecular complexity index is 1270. The van der Waals surface area contributed by atoms with E-state index >= 15 is 0 Å². The number of ether oxygens (including phenoxy) is 2. The molecule has 0 unspecified atom stereocenters. The van der Waals surface area contributed by atoms with Crippen LogP contribution >= 0.6 is 11.8 Å². The highest BCUT2D eigenvalue weighted by atomic mass is 32.2. The van der Waals surface area contributed by atoms with E-state index in [1.807, 2.05) is 42.5 Å². The van der Waals surface area contributed by atoms with Crippen molar-refractivity contribution in [3.05, 3.63) is 112 Å². The molecule has 0 spiro atoms. The van der Waals surface area contributed by atoms with E-state index in [1.165, 1.54) is 17.8 Å². The van der Waals surface area contributed by atoms with Gasteiger partial charge in [0, 0.05) is 5.56 Å². The summed E-state index contributed by atoms with van der Waals surface area (Å²) in [6, 6.07) is 22.8. The van der Waals surface area contributed by atoms with Crippen LogP contribution in [0.15, 0.2) is 100 Å². The first kappa shape index (κ1) is 23.3. The van der Waals surface area contributed by atoms with Gasteiger partial charge in [0.1, 0.15) is 34.5 Å². The first-order valence-corrected chi connectivity index (χ1v) is 11.5. The molecule has 0 aromatic heterocycles. The molecule has 7 heteroatoms. The van der Waals surface area contributed by atoms with E-state index in [0.29, 0.717) is 26.9 Å². The Kier molecular flexibility index (Phi) is 7.44. The zero-order valence-electron chi connectivity index (χ0n) is 18.4. The lowest BCUT2D eigenvalue weighted by atomic mass is 10.1. The van der Waals surface area contributed by atoms with Crippen molar-refractivity contribution >= 4 is 34.5 Å². The van der Waals surface area contributed by atoms with Gasteiger partial charge in [-0.3, -0.25) is 0 Å². The quantitative estimate of drug-likeness (QED) is 0.390. The molecule has 0 atom stereocenters. The highest BCUT2D eigenvalue weighted by molar-refractivity contribution is 8.18. The maximum atomic E-state index is 13.8. The van der Waals surface area contributed by atoms with Gasteiger partial charge >= 0.3 is 5.97 Å². The molecule has 1 N–H and O–H groups in total. The maximum Gasteiger partial charge on any atom is 0.344 e. The second-order valence-electron chi connectivity index (χ2n) is 7.26. The van der Waals surface area contributed by atoms with Crippen LogP contribution in [-0.4, -0.2) is 22.7 Å². The molecule has 3 aromatic carbocycles. The van der Waals surface area contributed by atoms with Crippen LogP contribution in [0.4, 0.5) is 10.1 Å². The van der Waals surface area contributed by atoms with Gasteiger partial charge in [-0.25, -0.2) is 14.2 Å². The molecule has 5 nitrogen and oxygen atoms in total. The number of nitrogens with zero attached hydrogens (tertiary/aromatic N) is 1. The lowest BCUT2D eigenvalue weighted by Gasteiger charge is -2.07. The summed E-state index contributed by atoms with van der Waals surface area (Å²) in [6.07, 6.45) is 1.76. The first-order valence-electron chi connectivity index (χ1n) is 10.7. The van der Waals surface area contributed by atoms with Crippen molar-refractivity contribution in [2.75, 3.05) is 6.61 Å². The number of thioether (sulfide) groups is 1. The number of hydrogen-bond donors (Lipinski definition) is 1. The summed E-state index contributed by atoms with van der Waals surface area (Å²) >= 11 is 1.20. The summed E-state index contributed by atoms with van der Waals surface area (Å²) in [4.78, 5) is 17.5. The van der Waals surface area contributed by atoms with Gasteiger partial charge in [-0.1, -0.05) is 60.3 Å². The number of aliphatic imine (C=N–C) groups is 1. The minimum absolute atomic E-state index is 0.0480. The third-order valence-electron chi connectivity index (χ3n) is 4.89. The van der Waals surface area contributed by atoms with E-state index in [1.54, 1.807) is 43.3 Å². The zero-order chi connectivity index (χ0) is 23.9. The Balaban J connectivity index is 1.55. The first-order chi connectivity index (χ1) is 16.5. The molecule has 1 aliphatic heterocycles. The third kappa shape index (κ3) is 5.55. The van der Waals surface area contributed by atoms with Crippen LogP contribution in [0.25, 0.3) is 6.08 Å². The smallest absolute Gasteiger partial charge is 0.344 e. The number of aliphatic hydroxyl groups excluding tert-OH is 1. The predicted molar refractivity (Wildman–Crippen MR) is 133 cm³/mol. The Morgan fingerprint density at radius 1 is 1.03 bits per heavy atom. The summed E-state index contributed by atoms with van der Waals surface area (Å²) in [5.74, 6) is -0.516. The van der Waals surface area contributed by atoms with Gasteiger partial charge in [-0.2, -0.15) is 0 Å². The average Bonchev–Trinajstić information content (AvgIpc) is 3.14. The predicted octanol–water partition coefficient (Wildman–Crippen LogP) is 6.60. The average molecular weight is 476 g/mol. The molecule has 0 radical (unpaired) electrons. The van der Waals surface area contributed by atoms with Gasteiger partial charge in [0.2, 0.25) is 0 Å². The van der Waals surface area contributed by atoms with Gasteiger partial charge in [-0.05, 0) is 48.9 Å². The Hall–Kier alpha value is -3.84. The number of hydrogen-bond acceptors (Lipinski definition) is 6. The van der Waals surface area contributed by atoms with Crippen LogP contribution in [0.3, 0.4) is 0 Å². The van der Waals surface area contributed by atoms with Crippen molar-refractivity contribution in [1.29, 1.82) is 0 Å². The molecular weight excluding hydrogens is 453 g/mol. The fourth-order valence-electron chi connectivity index (χ4n) is 3.20. The van der Waals surface area contributed by atoms with Crippen molar-refractivity contribution < 1.29 is 23.8 Å². The van der Waals surface area contributed by atoms with Crippen molar-refractivity contribution in [2.24, 2.45) is 4.99 Å². The standard InChI is InChI=1S/C27H22FNO4S/c1-2-32-27(31)24-25(30)23(34-26(24)29-20-9-4-3-5-10-20)16-18-12-14-21(15-13-18)33-17-19-8-6-7-11-22(19)28/h3-16,30H,2,17H2,1H3/b23-16-,29-26?. The molecule has 0 bridgehead atoms. The van der Waals surface area contributed by atoms with Gasteiger partial charge in [0.15, 0.2) is 0 Å². The fraction of sp³-hybridized carbons (Fsp3) is 0.111. The molecule has 0 amide bonds. The minimum atomic E-state index is -0.623. The number of benzene rings is 3. The highest BCUT2D eigenvalue weighted by Gasteiger charge is 2.33. The molecule has 34 heavy (non-hydrogen) atoms. The highest BCUT2D eigenvalue weighted by Crippen LogP contribution is 2.40. The number of aliphatic hydroxyl groups is 1. The molecule has 4 rings (SSSR count). The molecule has 3 aromatic rings. The number of rotatable bonds is 7. The van der Waals surface area contributed by atoms with E-state index in [9.17, 15) is 14.3 Å². The molecule has 172 valence electrons. The van der Waals surface area contributed by atoms with Crippen LogP contribution in [0.2, 0.25) is 0 Å². The van der Waals surface area contributed by atoms with E-state index in [4.69, 9.17) is 9.47 Å². The van der Waals surface area contributed by atoms with Crippen molar-refractivity contribution in [3.63, 3.8) is 0 Å². The van der Waals surface area contributed by atoms with Crippen LogP contribution in [-0.2, 0) is 16.1 Å². The number of halogens is 1. The van der Waals surface area contributed by atoms with Gasteiger partial charge in [0.25, 0.3) is 0 Å². The van der Waals surface area contributed by atoms with Gasteiger partial charge in [0.05, 0.1) is 17.2 Å². The van der Waals surface area contributed by atoms with Crippen molar-refractivity contribution in [1.82, 2.24) is 0 Å². The summed E-state index contributed by atoms with van der Waals surface area (Å²) in [6.45, 7) is 2.01. The van der Waals surface area contributed by atoms with E-state index in [2.05, 4.69) is 4.99 Å². The van der Waals surface area contributed by atoms with Gasteiger partial charge in [-0.15, -0.1) is 0 Å². The second-order valence-corrected chi connectivity index (χ2v) is 8.29. The van der Waals surface area contributed by atoms with Gasteiger partial charge < -0.3 is 14.6 Å². The monoisotopic (exact) mass is 475 g/mol. The summed E-state index contributed by atoms with van der Waals surface area (Å²) in [7, 11) is 0. The molecule has 0 saturated heterocycles. The van der Waals surface area contributed by atoms with E-state index in [0.717, 1.165) is 5.56 Å². The fourth-order valence-corrected chi connectivity index (χ4v) is 4.23. The Morgan fingerprint density at radius 2 is 1.74 bits per heavy atom. The lowest BCUT2D eigenvalue weighted by Crippen LogP contribution is -2.12. The van der Waals surface area contributed by atoms with Crippen LogP contribution < -0.4 is 4.74 Å². The maximum absolute atomic E-state index is 13.8. The second kappa shape index (κ2) is 10.9. The number of carbonyl (C=O) groups is 1. The normalized spacial score (nSPS) is 15.7. The van der Waals surface area contributed by atoms with Crippen LogP contribution in [0.1, 0.15) is 18.1 Å². The van der Waals surface area contributed by atoms with E-state index < -0.39 is 5.97 Å². The number of carbonyl (C=O) groups excluding carboxylic acids is 1. The zero-order valence-corrected chi connectivity index (χ0v) is 19.2. The molecule has 0 fully saturated rings. The summed E-state index contributed by atoms with van der Waals surface area (Å²) in [5, 5.41) is 11.2. The Labute approximate surface area is 201 Å². The molecule has 1 heterocycles. The minimum Gasteiger partial charge on any atom is -0.506 e. The molecule has 0 saturated carbocycles. The third-order valence-corrected chi connectivity index (χ3v) is 5.91. The SMILES string of the molecule is CCOC(=O)C1=C(O)/C(=C/c2ccc(OCc3ccccc3F)cc2)SC1=Nc1ccccc1. The number of esters is 1. The topological polar surface area (TPSA) is 68.1 Å². The summed E-state index contributed by atoms with van der Waals surface area (Å²) < 4.78 is 24.6. The molecular formula is C27H22FNO4S. The molecule has 1 aliphatic rings. The van der Waals surface area contributed by atoms with E-state index in [-0.39, 0.29) is 30.4 Å². The van der Waals surface area contributed by atoms with Crippen molar-refractivity contribution in [2.45, 2.75) is 13.5 Å². The Morgan fingerprint density at radius 3 is 2.44 bits per heavy atom. The van der Waals surface area contributed by atoms with Crippen LogP contribution in [0, 0.1) is 5.82 Å². The van der Waals surface area contributed by atoms with Crippen molar-refractivity contribution in [3.8, 4) is 5.75 Å². The van der Waals surface area contributed by atoms with Crippen LogP contribution in [0.5, 0.6) is 5.75 Å². The lowest BCUT2D eigenvalue weighted by molar-refractivity contribution is -0.138.